The van der Waals surface area contributed by atoms with Gasteiger partial charge >= 0.3 is 12.0 Å². The van der Waals surface area contributed by atoms with Crippen LogP contribution in [0.25, 0.3) is 0 Å². The SMILES string of the molecule is CC(C)C[C@H](NC(=O)N(C)CCc1ccccn1)C(=O)O. The molecule has 0 aliphatic carbocycles. The van der Waals surface area contributed by atoms with Crippen molar-refractivity contribution in [2.24, 2.45) is 5.92 Å². The fourth-order valence-corrected chi connectivity index (χ4v) is 1.88. The molecule has 6 nitrogen and oxygen atoms in total. The molecule has 0 saturated carbocycles. The summed E-state index contributed by atoms with van der Waals surface area (Å²) in [5.41, 5.74) is 0.897. The molecular weight excluding hydrogens is 270 g/mol. The fraction of sp³-hybridized carbons (Fsp3) is 0.533. The van der Waals surface area contributed by atoms with Crippen molar-refractivity contribution in [1.29, 1.82) is 0 Å². The zero-order valence-electron chi connectivity index (χ0n) is 12.7. The highest BCUT2D eigenvalue weighted by Crippen LogP contribution is 2.05. The first-order valence-electron chi connectivity index (χ1n) is 7.04. The van der Waals surface area contributed by atoms with Crippen molar-refractivity contribution in [3.63, 3.8) is 0 Å². The number of hydrogen-bond acceptors (Lipinski definition) is 3. The Morgan fingerprint density at radius 1 is 1.38 bits per heavy atom. The summed E-state index contributed by atoms with van der Waals surface area (Å²) in [6.45, 7) is 4.33. The van der Waals surface area contributed by atoms with Gasteiger partial charge in [-0.1, -0.05) is 19.9 Å². The lowest BCUT2D eigenvalue weighted by Crippen LogP contribution is -2.47. The average molecular weight is 293 g/mol. The molecule has 0 unspecified atom stereocenters. The third-order valence-electron chi connectivity index (χ3n) is 3.08. The molecule has 1 aromatic rings. The molecule has 6 heteroatoms. The molecule has 0 saturated heterocycles. The third kappa shape index (κ3) is 6.25. The van der Waals surface area contributed by atoms with Crippen molar-refractivity contribution in [2.75, 3.05) is 13.6 Å². The van der Waals surface area contributed by atoms with Crippen LogP contribution in [0.5, 0.6) is 0 Å². The Bertz CT molecular complexity index is 462. The minimum Gasteiger partial charge on any atom is -0.480 e. The highest BCUT2D eigenvalue weighted by molar-refractivity contribution is 5.82. The second-order valence-corrected chi connectivity index (χ2v) is 5.46. The van der Waals surface area contributed by atoms with Crippen molar-refractivity contribution in [1.82, 2.24) is 15.2 Å². The van der Waals surface area contributed by atoms with Crippen LogP contribution < -0.4 is 5.32 Å². The number of likely N-dealkylation sites (N-methyl/N-ethyl adjacent to an activating group) is 1. The predicted molar refractivity (Wildman–Crippen MR) is 80.0 cm³/mol. The summed E-state index contributed by atoms with van der Waals surface area (Å²) < 4.78 is 0. The summed E-state index contributed by atoms with van der Waals surface area (Å²) in [6.07, 6.45) is 2.75. The maximum atomic E-state index is 12.0. The summed E-state index contributed by atoms with van der Waals surface area (Å²) in [6, 6.07) is 4.40. The number of amides is 2. The molecule has 1 atom stereocenters. The molecule has 0 aliphatic rings. The molecule has 1 heterocycles. The van der Waals surface area contributed by atoms with Crippen LogP contribution in [0.2, 0.25) is 0 Å². The molecule has 0 spiro atoms. The number of aromatic nitrogens is 1. The van der Waals surface area contributed by atoms with Crippen LogP contribution in [0.15, 0.2) is 24.4 Å². The number of pyridine rings is 1. The minimum absolute atomic E-state index is 0.199. The summed E-state index contributed by atoms with van der Waals surface area (Å²) in [5.74, 6) is -0.805. The third-order valence-corrected chi connectivity index (χ3v) is 3.08. The van der Waals surface area contributed by atoms with Gasteiger partial charge in [-0.2, -0.15) is 0 Å². The van der Waals surface area contributed by atoms with Gasteiger partial charge in [0.25, 0.3) is 0 Å². The molecule has 2 amide bonds. The van der Waals surface area contributed by atoms with Gasteiger partial charge in [0.15, 0.2) is 0 Å². The van der Waals surface area contributed by atoms with Gasteiger partial charge in [-0.3, -0.25) is 4.98 Å². The van der Waals surface area contributed by atoms with Crippen molar-refractivity contribution in [2.45, 2.75) is 32.7 Å². The van der Waals surface area contributed by atoms with E-state index in [2.05, 4.69) is 10.3 Å². The van der Waals surface area contributed by atoms with Crippen LogP contribution in [-0.2, 0) is 11.2 Å². The quantitative estimate of drug-likeness (QED) is 0.802. The molecule has 0 aliphatic heterocycles. The van der Waals surface area contributed by atoms with E-state index >= 15 is 0 Å². The second-order valence-electron chi connectivity index (χ2n) is 5.46. The number of rotatable bonds is 7. The molecule has 21 heavy (non-hydrogen) atoms. The number of carbonyl (C=O) groups excluding carboxylic acids is 1. The van der Waals surface area contributed by atoms with E-state index in [9.17, 15) is 9.59 Å². The highest BCUT2D eigenvalue weighted by atomic mass is 16.4. The summed E-state index contributed by atoms with van der Waals surface area (Å²) in [5, 5.41) is 11.7. The maximum Gasteiger partial charge on any atom is 0.326 e. The number of carbonyl (C=O) groups is 2. The Hall–Kier alpha value is -2.11. The van der Waals surface area contributed by atoms with Gasteiger partial charge in [0, 0.05) is 31.9 Å². The van der Waals surface area contributed by atoms with Crippen LogP contribution in [0, 0.1) is 5.92 Å². The molecule has 0 radical (unpaired) electrons. The maximum absolute atomic E-state index is 12.0. The van der Waals surface area contributed by atoms with Crippen molar-refractivity contribution in [3.05, 3.63) is 30.1 Å². The standard InChI is InChI=1S/C15H23N3O3/c1-11(2)10-13(14(19)20)17-15(21)18(3)9-7-12-6-4-5-8-16-12/h4-6,8,11,13H,7,9-10H2,1-3H3,(H,17,21)(H,19,20)/t13-/m0/s1. The van der Waals surface area contributed by atoms with Crippen LogP contribution in [-0.4, -0.2) is 46.6 Å². The van der Waals surface area contributed by atoms with Gasteiger partial charge < -0.3 is 15.3 Å². The molecule has 1 rings (SSSR count). The average Bonchev–Trinajstić information content (AvgIpc) is 2.44. The molecule has 2 N–H and O–H groups in total. The van der Waals surface area contributed by atoms with Crippen LogP contribution in [0.1, 0.15) is 26.0 Å². The molecule has 0 aromatic carbocycles. The van der Waals surface area contributed by atoms with Gasteiger partial charge in [-0.15, -0.1) is 0 Å². The molecule has 1 aromatic heterocycles. The van der Waals surface area contributed by atoms with Crippen molar-refractivity contribution in [3.8, 4) is 0 Å². The Labute approximate surface area is 125 Å². The van der Waals surface area contributed by atoms with E-state index < -0.39 is 12.0 Å². The first-order chi connectivity index (χ1) is 9.90. The van der Waals surface area contributed by atoms with Crippen molar-refractivity contribution >= 4 is 12.0 Å². The molecule has 0 fully saturated rings. The lowest BCUT2D eigenvalue weighted by atomic mass is 10.0. The number of nitrogens with one attached hydrogen (secondary N) is 1. The highest BCUT2D eigenvalue weighted by Gasteiger charge is 2.22. The van der Waals surface area contributed by atoms with Gasteiger partial charge in [0.05, 0.1) is 0 Å². The zero-order chi connectivity index (χ0) is 15.8. The van der Waals surface area contributed by atoms with E-state index in [1.807, 2.05) is 32.0 Å². The number of hydrogen-bond donors (Lipinski definition) is 2. The smallest absolute Gasteiger partial charge is 0.326 e. The number of urea groups is 1. The predicted octanol–water partition coefficient (Wildman–Crippen LogP) is 1.76. The molecular formula is C15H23N3O3. The lowest BCUT2D eigenvalue weighted by Gasteiger charge is -2.22. The minimum atomic E-state index is -1.00. The van der Waals surface area contributed by atoms with E-state index in [-0.39, 0.29) is 11.9 Å². The van der Waals surface area contributed by atoms with E-state index in [0.29, 0.717) is 19.4 Å². The van der Waals surface area contributed by atoms with E-state index in [4.69, 9.17) is 5.11 Å². The monoisotopic (exact) mass is 293 g/mol. The fourth-order valence-electron chi connectivity index (χ4n) is 1.88. The van der Waals surface area contributed by atoms with Crippen LogP contribution >= 0.6 is 0 Å². The van der Waals surface area contributed by atoms with E-state index in [1.54, 1.807) is 13.2 Å². The number of carboxylic acids is 1. The Morgan fingerprint density at radius 3 is 2.62 bits per heavy atom. The zero-order valence-corrected chi connectivity index (χ0v) is 12.7. The van der Waals surface area contributed by atoms with Crippen LogP contribution in [0.3, 0.4) is 0 Å². The van der Waals surface area contributed by atoms with Crippen molar-refractivity contribution < 1.29 is 14.7 Å². The normalized spacial score (nSPS) is 12.0. The van der Waals surface area contributed by atoms with Gasteiger partial charge in [0.2, 0.25) is 0 Å². The number of aliphatic carboxylic acids is 1. The van der Waals surface area contributed by atoms with E-state index in [0.717, 1.165) is 5.69 Å². The number of nitrogens with zero attached hydrogens (tertiary/aromatic N) is 2. The van der Waals surface area contributed by atoms with Gasteiger partial charge in [-0.05, 0) is 24.5 Å². The summed E-state index contributed by atoms with van der Waals surface area (Å²) in [4.78, 5) is 28.8. The molecule has 116 valence electrons. The van der Waals surface area contributed by atoms with Gasteiger partial charge in [-0.25, -0.2) is 9.59 Å². The summed E-state index contributed by atoms with van der Waals surface area (Å²) in [7, 11) is 1.65. The first kappa shape index (κ1) is 16.9. The Balaban J connectivity index is 2.47. The largest absolute Gasteiger partial charge is 0.480 e. The van der Waals surface area contributed by atoms with Crippen LogP contribution in [0.4, 0.5) is 4.79 Å². The van der Waals surface area contributed by atoms with E-state index in [1.165, 1.54) is 4.90 Å². The Kier molecular flexibility index (Phi) is 6.65. The molecule has 0 bridgehead atoms. The van der Waals surface area contributed by atoms with Gasteiger partial charge in [0.1, 0.15) is 6.04 Å². The number of carboxylic acid groups (broad SMARTS) is 1. The lowest BCUT2D eigenvalue weighted by molar-refractivity contribution is -0.139. The first-order valence-corrected chi connectivity index (χ1v) is 7.04. The topological polar surface area (TPSA) is 82.5 Å². The summed E-state index contributed by atoms with van der Waals surface area (Å²) >= 11 is 0. The second kappa shape index (κ2) is 8.24. The Morgan fingerprint density at radius 2 is 2.10 bits per heavy atom.